The number of nitrogens with zero attached hydrogens (tertiary/aromatic N) is 2. The van der Waals surface area contributed by atoms with Gasteiger partial charge in [0.15, 0.2) is 0 Å². The standard InChI is InChI=1S/C19H21N3OS/c1-3-10-23-15-7-5-14(6-8-15)19-16(11-17(20)24)22-12-13(2)4-9-18(22)21-19/h4-9,12H,3,10-11H2,1-2H3,(H2,20,24). The van der Waals surface area contributed by atoms with Gasteiger partial charge in [0.25, 0.3) is 0 Å². The Morgan fingerprint density at radius 3 is 2.62 bits per heavy atom. The van der Waals surface area contributed by atoms with E-state index in [2.05, 4.69) is 30.5 Å². The number of thiocarbonyl (C=S) groups is 1. The summed E-state index contributed by atoms with van der Waals surface area (Å²) in [5, 5.41) is 0. The van der Waals surface area contributed by atoms with E-state index in [1.54, 1.807) is 0 Å². The van der Waals surface area contributed by atoms with E-state index in [0.717, 1.165) is 41.4 Å². The zero-order valence-electron chi connectivity index (χ0n) is 14.0. The molecule has 0 amide bonds. The van der Waals surface area contributed by atoms with Crippen molar-refractivity contribution in [1.82, 2.24) is 9.38 Å². The first-order valence-electron chi connectivity index (χ1n) is 8.07. The van der Waals surface area contributed by atoms with E-state index in [4.69, 9.17) is 27.7 Å². The minimum Gasteiger partial charge on any atom is -0.494 e. The fraction of sp³-hybridized carbons (Fsp3) is 0.263. The number of imidazole rings is 1. The highest BCUT2D eigenvalue weighted by atomic mass is 32.1. The molecule has 0 fully saturated rings. The minimum absolute atomic E-state index is 0.461. The van der Waals surface area contributed by atoms with Crippen molar-refractivity contribution in [3.05, 3.63) is 53.9 Å². The lowest BCUT2D eigenvalue weighted by Gasteiger charge is -2.07. The van der Waals surface area contributed by atoms with Crippen molar-refractivity contribution >= 4 is 22.9 Å². The Labute approximate surface area is 147 Å². The third kappa shape index (κ3) is 3.41. The number of nitrogens with two attached hydrogens (primary N) is 1. The Hall–Kier alpha value is -2.40. The number of hydrogen-bond acceptors (Lipinski definition) is 3. The van der Waals surface area contributed by atoms with Gasteiger partial charge in [0.2, 0.25) is 0 Å². The second-order valence-electron chi connectivity index (χ2n) is 5.86. The van der Waals surface area contributed by atoms with E-state index in [-0.39, 0.29) is 0 Å². The predicted octanol–water partition coefficient (Wildman–Crippen LogP) is 3.93. The fourth-order valence-corrected chi connectivity index (χ4v) is 2.83. The Morgan fingerprint density at radius 2 is 1.96 bits per heavy atom. The minimum atomic E-state index is 0.461. The van der Waals surface area contributed by atoms with Crippen LogP contribution in [-0.2, 0) is 6.42 Å². The Bertz CT molecular complexity index is 868. The first kappa shape index (κ1) is 16.5. The van der Waals surface area contributed by atoms with Crippen LogP contribution in [0.5, 0.6) is 5.75 Å². The number of benzene rings is 1. The summed E-state index contributed by atoms with van der Waals surface area (Å²) in [6.07, 6.45) is 3.58. The van der Waals surface area contributed by atoms with Crippen LogP contribution in [0, 0.1) is 6.92 Å². The summed E-state index contributed by atoms with van der Waals surface area (Å²) in [4.78, 5) is 5.24. The van der Waals surface area contributed by atoms with E-state index in [0.29, 0.717) is 11.4 Å². The zero-order chi connectivity index (χ0) is 17.1. The van der Waals surface area contributed by atoms with E-state index >= 15 is 0 Å². The molecule has 2 N–H and O–H groups in total. The van der Waals surface area contributed by atoms with E-state index < -0.39 is 0 Å². The van der Waals surface area contributed by atoms with Crippen molar-refractivity contribution in [1.29, 1.82) is 0 Å². The molecule has 5 heteroatoms. The van der Waals surface area contributed by atoms with Crippen molar-refractivity contribution in [2.45, 2.75) is 26.7 Å². The van der Waals surface area contributed by atoms with Crippen LogP contribution in [0.4, 0.5) is 0 Å². The summed E-state index contributed by atoms with van der Waals surface area (Å²) in [5.41, 5.74) is 10.8. The Morgan fingerprint density at radius 1 is 1.21 bits per heavy atom. The molecule has 0 aliphatic rings. The van der Waals surface area contributed by atoms with E-state index in [1.807, 2.05) is 30.3 Å². The third-order valence-corrected chi connectivity index (χ3v) is 3.95. The normalized spacial score (nSPS) is 10.9. The van der Waals surface area contributed by atoms with Crippen LogP contribution >= 0.6 is 12.2 Å². The van der Waals surface area contributed by atoms with Gasteiger partial charge in [-0.15, -0.1) is 0 Å². The first-order chi connectivity index (χ1) is 11.6. The molecule has 0 bridgehead atoms. The lowest BCUT2D eigenvalue weighted by Crippen LogP contribution is -2.13. The monoisotopic (exact) mass is 339 g/mol. The van der Waals surface area contributed by atoms with Gasteiger partial charge in [-0.2, -0.15) is 0 Å². The summed E-state index contributed by atoms with van der Waals surface area (Å²) in [5.74, 6) is 0.871. The van der Waals surface area contributed by atoms with Crippen molar-refractivity contribution in [2.75, 3.05) is 6.61 Å². The Kier molecular flexibility index (Phi) is 4.81. The smallest absolute Gasteiger partial charge is 0.137 e. The zero-order valence-corrected chi connectivity index (χ0v) is 14.8. The average Bonchev–Trinajstić information content (AvgIpc) is 2.91. The van der Waals surface area contributed by atoms with Crippen LogP contribution < -0.4 is 10.5 Å². The van der Waals surface area contributed by atoms with Crippen molar-refractivity contribution < 1.29 is 4.74 Å². The maximum absolute atomic E-state index is 5.81. The number of aromatic nitrogens is 2. The molecule has 0 radical (unpaired) electrons. The molecule has 4 nitrogen and oxygen atoms in total. The molecule has 2 aromatic heterocycles. The van der Waals surface area contributed by atoms with Gasteiger partial charge in [-0.1, -0.05) is 25.2 Å². The summed E-state index contributed by atoms with van der Waals surface area (Å²) in [6.45, 7) is 4.87. The SMILES string of the molecule is CCCOc1ccc(-c2nc3ccc(C)cn3c2CC(N)=S)cc1. The summed E-state index contributed by atoms with van der Waals surface area (Å²) in [7, 11) is 0. The molecule has 0 aliphatic carbocycles. The maximum atomic E-state index is 5.81. The molecule has 0 saturated carbocycles. The number of ether oxygens (including phenoxy) is 1. The number of rotatable bonds is 6. The first-order valence-corrected chi connectivity index (χ1v) is 8.48. The number of aryl methyl sites for hydroxylation is 1. The second-order valence-corrected chi connectivity index (χ2v) is 6.38. The van der Waals surface area contributed by atoms with Crippen molar-refractivity contribution in [3.8, 4) is 17.0 Å². The summed E-state index contributed by atoms with van der Waals surface area (Å²) in [6, 6.07) is 12.1. The molecule has 2 heterocycles. The molecule has 3 rings (SSSR count). The van der Waals surface area contributed by atoms with Crippen LogP contribution in [0.2, 0.25) is 0 Å². The van der Waals surface area contributed by atoms with Gasteiger partial charge in [0.05, 0.1) is 23.0 Å². The van der Waals surface area contributed by atoms with Crippen LogP contribution in [0.3, 0.4) is 0 Å². The molecule has 0 aliphatic heterocycles. The van der Waals surface area contributed by atoms with Gasteiger partial charge >= 0.3 is 0 Å². The lowest BCUT2D eigenvalue weighted by molar-refractivity contribution is 0.317. The molecule has 0 atom stereocenters. The maximum Gasteiger partial charge on any atom is 0.137 e. The number of pyridine rings is 1. The number of hydrogen-bond donors (Lipinski definition) is 1. The molecular formula is C19H21N3OS. The van der Waals surface area contributed by atoms with Gasteiger partial charge in [-0.25, -0.2) is 4.98 Å². The highest BCUT2D eigenvalue weighted by molar-refractivity contribution is 7.80. The van der Waals surface area contributed by atoms with Crippen molar-refractivity contribution in [3.63, 3.8) is 0 Å². The largest absolute Gasteiger partial charge is 0.494 e. The third-order valence-electron chi connectivity index (χ3n) is 3.81. The molecule has 24 heavy (non-hydrogen) atoms. The Balaban J connectivity index is 2.05. The molecule has 0 saturated heterocycles. The fourth-order valence-electron chi connectivity index (χ4n) is 2.69. The molecule has 3 aromatic rings. The molecule has 1 aromatic carbocycles. The van der Waals surface area contributed by atoms with Crippen LogP contribution in [0.15, 0.2) is 42.6 Å². The highest BCUT2D eigenvalue weighted by Crippen LogP contribution is 2.27. The van der Waals surface area contributed by atoms with Gasteiger partial charge < -0.3 is 14.9 Å². The summed E-state index contributed by atoms with van der Waals surface area (Å²) < 4.78 is 7.72. The van der Waals surface area contributed by atoms with E-state index in [9.17, 15) is 0 Å². The van der Waals surface area contributed by atoms with Gasteiger partial charge in [-0.3, -0.25) is 0 Å². The molecular weight excluding hydrogens is 318 g/mol. The predicted molar refractivity (Wildman–Crippen MR) is 102 cm³/mol. The van der Waals surface area contributed by atoms with Gasteiger partial charge in [0, 0.05) is 18.2 Å². The van der Waals surface area contributed by atoms with Crippen LogP contribution in [-0.4, -0.2) is 21.0 Å². The lowest BCUT2D eigenvalue weighted by atomic mass is 10.1. The van der Waals surface area contributed by atoms with E-state index in [1.165, 1.54) is 5.56 Å². The van der Waals surface area contributed by atoms with Gasteiger partial charge in [0.1, 0.15) is 11.4 Å². The average molecular weight is 339 g/mol. The van der Waals surface area contributed by atoms with Crippen molar-refractivity contribution in [2.24, 2.45) is 5.73 Å². The second kappa shape index (κ2) is 7.01. The van der Waals surface area contributed by atoms with Crippen LogP contribution in [0.1, 0.15) is 24.6 Å². The topological polar surface area (TPSA) is 52.5 Å². The highest BCUT2D eigenvalue weighted by Gasteiger charge is 2.15. The molecule has 0 spiro atoms. The quantitative estimate of drug-likeness (QED) is 0.692. The molecule has 0 unspecified atom stereocenters. The summed E-state index contributed by atoms with van der Waals surface area (Å²) >= 11 is 5.13. The van der Waals surface area contributed by atoms with Gasteiger partial charge in [-0.05, 0) is 49.2 Å². The number of fused-ring (bicyclic) bond motifs is 1. The van der Waals surface area contributed by atoms with Crippen LogP contribution in [0.25, 0.3) is 16.9 Å². The molecule has 124 valence electrons.